The SMILES string of the molecule is O=C(O)[C@H]1NCCC12CC2. The summed E-state index contributed by atoms with van der Waals surface area (Å²) in [5.74, 6) is -0.671. The Hall–Kier alpha value is -0.570. The maximum Gasteiger partial charge on any atom is 0.321 e. The average molecular weight is 141 g/mol. The lowest BCUT2D eigenvalue weighted by Crippen LogP contribution is -2.36. The van der Waals surface area contributed by atoms with Gasteiger partial charge in [0.1, 0.15) is 6.04 Å². The third-order valence-electron chi connectivity index (χ3n) is 2.72. The minimum Gasteiger partial charge on any atom is -0.480 e. The summed E-state index contributed by atoms with van der Waals surface area (Å²) in [6.45, 7) is 0.886. The maximum absolute atomic E-state index is 10.6. The Morgan fingerprint density at radius 1 is 1.50 bits per heavy atom. The van der Waals surface area contributed by atoms with Crippen LogP contribution in [-0.2, 0) is 4.79 Å². The molecule has 1 saturated carbocycles. The first kappa shape index (κ1) is 6.16. The van der Waals surface area contributed by atoms with Gasteiger partial charge >= 0.3 is 5.97 Å². The Morgan fingerprint density at radius 3 is 2.60 bits per heavy atom. The van der Waals surface area contributed by atoms with Crippen molar-refractivity contribution in [3.05, 3.63) is 0 Å². The first-order valence-electron chi connectivity index (χ1n) is 3.71. The van der Waals surface area contributed by atoms with Crippen LogP contribution in [0.1, 0.15) is 19.3 Å². The molecule has 2 rings (SSSR count). The van der Waals surface area contributed by atoms with Crippen LogP contribution in [0, 0.1) is 5.41 Å². The van der Waals surface area contributed by atoms with E-state index in [0.717, 1.165) is 25.8 Å². The molecule has 0 aromatic heterocycles. The number of nitrogens with one attached hydrogen (secondary N) is 1. The third kappa shape index (κ3) is 0.669. The van der Waals surface area contributed by atoms with Gasteiger partial charge in [0.15, 0.2) is 0 Å². The number of hydrogen-bond donors (Lipinski definition) is 2. The second-order valence-electron chi connectivity index (χ2n) is 3.34. The van der Waals surface area contributed by atoms with E-state index in [1.54, 1.807) is 0 Å². The lowest BCUT2D eigenvalue weighted by Gasteiger charge is -2.11. The third-order valence-corrected chi connectivity index (χ3v) is 2.72. The molecule has 0 bridgehead atoms. The van der Waals surface area contributed by atoms with Crippen LogP contribution in [0.3, 0.4) is 0 Å². The molecule has 3 heteroatoms. The number of aliphatic carboxylic acids is 1. The molecule has 1 heterocycles. The van der Waals surface area contributed by atoms with Gasteiger partial charge in [-0.05, 0) is 31.2 Å². The van der Waals surface area contributed by atoms with Gasteiger partial charge in [-0.3, -0.25) is 4.79 Å². The molecule has 3 nitrogen and oxygen atoms in total. The van der Waals surface area contributed by atoms with E-state index in [4.69, 9.17) is 5.11 Å². The van der Waals surface area contributed by atoms with E-state index in [9.17, 15) is 4.79 Å². The molecular weight excluding hydrogens is 130 g/mol. The zero-order chi connectivity index (χ0) is 7.19. The first-order chi connectivity index (χ1) is 4.75. The van der Waals surface area contributed by atoms with Gasteiger partial charge in [-0.25, -0.2) is 0 Å². The quantitative estimate of drug-likeness (QED) is 0.549. The predicted octanol–water partition coefficient (Wildman–Crippen LogP) is 0.213. The van der Waals surface area contributed by atoms with Crippen molar-refractivity contribution in [1.82, 2.24) is 5.32 Å². The molecule has 1 spiro atoms. The molecule has 2 aliphatic rings. The average Bonchev–Trinajstić information content (AvgIpc) is 2.42. The van der Waals surface area contributed by atoms with Crippen LogP contribution in [0.25, 0.3) is 0 Å². The summed E-state index contributed by atoms with van der Waals surface area (Å²) in [6, 6.07) is -0.243. The highest BCUT2D eigenvalue weighted by Crippen LogP contribution is 2.54. The van der Waals surface area contributed by atoms with Crippen LogP contribution in [0.2, 0.25) is 0 Å². The fourth-order valence-corrected chi connectivity index (χ4v) is 1.87. The van der Waals surface area contributed by atoms with Crippen LogP contribution in [0.15, 0.2) is 0 Å². The van der Waals surface area contributed by atoms with Crippen molar-refractivity contribution >= 4 is 5.97 Å². The van der Waals surface area contributed by atoms with E-state index in [2.05, 4.69) is 5.32 Å². The topological polar surface area (TPSA) is 49.3 Å². The molecule has 1 aliphatic heterocycles. The molecule has 1 aliphatic carbocycles. The molecule has 1 saturated heterocycles. The van der Waals surface area contributed by atoms with Crippen molar-refractivity contribution in [2.75, 3.05) is 6.54 Å². The summed E-state index contributed by atoms with van der Waals surface area (Å²) in [5.41, 5.74) is 0.172. The monoisotopic (exact) mass is 141 g/mol. The van der Waals surface area contributed by atoms with Gasteiger partial charge in [-0.1, -0.05) is 0 Å². The van der Waals surface area contributed by atoms with Crippen LogP contribution >= 0.6 is 0 Å². The molecule has 0 unspecified atom stereocenters. The Morgan fingerprint density at radius 2 is 2.20 bits per heavy atom. The van der Waals surface area contributed by atoms with Crippen LogP contribution in [0.5, 0.6) is 0 Å². The van der Waals surface area contributed by atoms with E-state index < -0.39 is 5.97 Å². The van der Waals surface area contributed by atoms with Gasteiger partial charge in [0, 0.05) is 0 Å². The van der Waals surface area contributed by atoms with Crippen LogP contribution in [0.4, 0.5) is 0 Å². The molecule has 0 amide bonds. The predicted molar refractivity (Wildman–Crippen MR) is 35.7 cm³/mol. The Bertz CT molecular complexity index is 174. The van der Waals surface area contributed by atoms with Gasteiger partial charge < -0.3 is 10.4 Å². The highest BCUT2D eigenvalue weighted by Gasteiger charge is 2.55. The second-order valence-corrected chi connectivity index (χ2v) is 3.34. The zero-order valence-electron chi connectivity index (χ0n) is 5.76. The fourth-order valence-electron chi connectivity index (χ4n) is 1.87. The highest BCUT2D eigenvalue weighted by molar-refractivity contribution is 5.75. The van der Waals surface area contributed by atoms with Crippen molar-refractivity contribution in [2.24, 2.45) is 5.41 Å². The van der Waals surface area contributed by atoms with Gasteiger partial charge in [0.25, 0.3) is 0 Å². The number of carboxylic acid groups (broad SMARTS) is 1. The molecule has 0 radical (unpaired) electrons. The van der Waals surface area contributed by atoms with Crippen LogP contribution < -0.4 is 5.32 Å². The summed E-state index contributed by atoms with van der Waals surface area (Å²) in [6.07, 6.45) is 3.28. The van der Waals surface area contributed by atoms with E-state index in [1.807, 2.05) is 0 Å². The minimum absolute atomic E-state index is 0.172. The normalized spacial score (nSPS) is 34.6. The number of rotatable bonds is 1. The van der Waals surface area contributed by atoms with E-state index >= 15 is 0 Å². The van der Waals surface area contributed by atoms with E-state index in [1.165, 1.54) is 0 Å². The Kier molecular flexibility index (Phi) is 1.06. The maximum atomic E-state index is 10.6. The van der Waals surface area contributed by atoms with Crippen molar-refractivity contribution in [3.63, 3.8) is 0 Å². The number of carbonyl (C=O) groups is 1. The summed E-state index contributed by atoms with van der Waals surface area (Å²) >= 11 is 0. The van der Waals surface area contributed by atoms with Gasteiger partial charge in [-0.15, -0.1) is 0 Å². The smallest absolute Gasteiger partial charge is 0.321 e. The molecule has 2 fully saturated rings. The van der Waals surface area contributed by atoms with Crippen molar-refractivity contribution < 1.29 is 9.90 Å². The highest BCUT2D eigenvalue weighted by atomic mass is 16.4. The molecule has 1 atom stereocenters. The lowest BCUT2D eigenvalue weighted by molar-refractivity contribution is -0.140. The van der Waals surface area contributed by atoms with Crippen molar-refractivity contribution in [2.45, 2.75) is 25.3 Å². The Labute approximate surface area is 59.4 Å². The summed E-state index contributed by atoms with van der Waals surface area (Å²) in [5, 5.41) is 11.7. The standard InChI is InChI=1S/C7H11NO2/c9-6(10)5-7(1-2-7)3-4-8-5/h5,8H,1-4H2,(H,9,10)/t5-/m1/s1. The number of hydrogen-bond acceptors (Lipinski definition) is 2. The van der Waals surface area contributed by atoms with E-state index in [-0.39, 0.29) is 11.5 Å². The molecular formula is C7H11NO2. The van der Waals surface area contributed by atoms with Gasteiger partial charge in [0.2, 0.25) is 0 Å². The molecule has 10 heavy (non-hydrogen) atoms. The zero-order valence-corrected chi connectivity index (χ0v) is 5.76. The second kappa shape index (κ2) is 1.72. The van der Waals surface area contributed by atoms with Gasteiger partial charge in [-0.2, -0.15) is 0 Å². The van der Waals surface area contributed by atoms with E-state index in [0.29, 0.717) is 0 Å². The molecule has 2 N–H and O–H groups in total. The first-order valence-corrected chi connectivity index (χ1v) is 3.71. The largest absolute Gasteiger partial charge is 0.480 e. The summed E-state index contributed by atoms with van der Waals surface area (Å²) in [4.78, 5) is 10.6. The van der Waals surface area contributed by atoms with Crippen LogP contribution in [-0.4, -0.2) is 23.7 Å². The molecule has 56 valence electrons. The van der Waals surface area contributed by atoms with Gasteiger partial charge in [0.05, 0.1) is 0 Å². The molecule has 0 aromatic carbocycles. The van der Waals surface area contributed by atoms with Crippen molar-refractivity contribution in [1.29, 1.82) is 0 Å². The van der Waals surface area contributed by atoms with Crippen molar-refractivity contribution in [3.8, 4) is 0 Å². The summed E-state index contributed by atoms with van der Waals surface area (Å²) in [7, 11) is 0. The minimum atomic E-state index is -0.671. The molecule has 0 aromatic rings. The fraction of sp³-hybridized carbons (Fsp3) is 0.857. The summed E-state index contributed by atoms with van der Waals surface area (Å²) < 4.78 is 0. The Balaban J connectivity index is 2.14. The number of carboxylic acids is 1. The lowest BCUT2D eigenvalue weighted by atomic mass is 9.98.